The maximum Gasteiger partial charge on any atom is 0.242 e. The monoisotopic (exact) mass is 537 g/mol. The quantitative estimate of drug-likeness (QED) is 0.435. The van der Waals surface area contributed by atoms with E-state index < -0.39 is 0 Å². The number of halogens is 2. The minimum atomic E-state index is -0.254. The van der Waals surface area contributed by atoms with E-state index in [0.717, 1.165) is 26.1 Å². The molecule has 2 bridgehead atoms. The fourth-order valence-corrected chi connectivity index (χ4v) is 7.67. The molecule has 0 spiro atoms. The van der Waals surface area contributed by atoms with Crippen LogP contribution in [-0.4, -0.2) is 74.8 Å². The maximum atomic E-state index is 13.0. The van der Waals surface area contributed by atoms with Gasteiger partial charge in [-0.25, -0.2) is 0 Å². The van der Waals surface area contributed by atoms with Crippen molar-refractivity contribution in [1.29, 1.82) is 0 Å². The molecular formula is C22H25Br2N3O3. The highest BCUT2D eigenvalue weighted by molar-refractivity contribution is 9.12. The smallest absolute Gasteiger partial charge is 0.242 e. The van der Waals surface area contributed by atoms with Gasteiger partial charge in [0.05, 0.1) is 11.8 Å². The SMILES string of the molecule is O=C(CN1C(=O)[C@@H]2[C@H]3C[C@@H]([C@H](Br)[C@H]3Br)[C@@H]2C1=O)N1CCN(Cc2ccccc2)CC1. The number of benzene rings is 1. The van der Waals surface area contributed by atoms with Gasteiger partial charge < -0.3 is 4.90 Å². The average Bonchev–Trinajstić information content (AvgIpc) is 3.36. The number of carbonyl (C=O) groups is 3. The lowest BCUT2D eigenvalue weighted by atomic mass is 9.81. The Morgan fingerprint density at radius 2 is 1.47 bits per heavy atom. The molecule has 1 aromatic carbocycles. The number of amides is 3. The first kappa shape index (κ1) is 20.6. The van der Waals surface area contributed by atoms with Gasteiger partial charge in [0, 0.05) is 42.4 Å². The molecule has 3 amide bonds. The van der Waals surface area contributed by atoms with E-state index in [9.17, 15) is 14.4 Å². The molecule has 0 aromatic heterocycles. The van der Waals surface area contributed by atoms with Crippen LogP contribution in [0.15, 0.2) is 30.3 Å². The van der Waals surface area contributed by atoms with E-state index in [2.05, 4.69) is 48.9 Å². The van der Waals surface area contributed by atoms with E-state index in [1.165, 1.54) is 10.5 Å². The molecule has 4 aliphatic rings. The van der Waals surface area contributed by atoms with Crippen LogP contribution in [0.2, 0.25) is 0 Å². The van der Waals surface area contributed by atoms with Crippen LogP contribution in [-0.2, 0) is 20.9 Å². The van der Waals surface area contributed by atoms with Gasteiger partial charge in [-0.2, -0.15) is 0 Å². The number of nitrogens with zero attached hydrogens (tertiary/aromatic N) is 3. The van der Waals surface area contributed by atoms with Crippen molar-refractivity contribution in [3.8, 4) is 0 Å². The number of rotatable bonds is 4. The number of alkyl halides is 2. The largest absolute Gasteiger partial charge is 0.339 e. The molecule has 0 unspecified atom stereocenters. The number of carbonyl (C=O) groups excluding carboxylic acids is 3. The standard InChI is InChI=1S/C22H25Br2N3O3/c23-19-14-10-15(20(19)24)18-17(14)21(29)27(22(18)30)12-16(28)26-8-6-25(7-9-26)11-13-4-2-1-3-5-13/h1-5,14-15,17-20H,6-12H2/t14-,15-,17-,18+,19+,20+/m1/s1. The highest BCUT2D eigenvalue weighted by Crippen LogP contribution is 2.60. The van der Waals surface area contributed by atoms with Gasteiger partial charge in [0.2, 0.25) is 17.7 Å². The van der Waals surface area contributed by atoms with Crippen molar-refractivity contribution >= 4 is 49.6 Å². The Bertz CT molecular complexity index is 826. The lowest BCUT2D eigenvalue weighted by Crippen LogP contribution is -2.51. The highest BCUT2D eigenvalue weighted by atomic mass is 79.9. The lowest BCUT2D eigenvalue weighted by Gasteiger charge is -2.35. The zero-order valence-electron chi connectivity index (χ0n) is 16.6. The second-order valence-corrected chi connectivity index (χ2v) is 11.0. The number of likely N-dealkylation sites (tertiary alicyclic amines) is 1. The first-order chi connectivity index (χ1) is 14.5. The molecule has 8 heteroatoms. The van der Waals surface area contributed by atoms with Crippen LogP contribution < -0.4 is 0 Å². The molecule has 6 nitrogen and oxygen atoms in total. The molecule has 5 rings (SSSR count). The Hall–Kier alpha value is -1.25. The average molecular weight is 539 g/mol. The molecule has 2 heterocycles. The van der Waals surface area contributed by atoms with Gasteiger partial charge in [-0.1, -0.05) is 62.2 Å². The van der Waals surface area contributed by atoms with Crippen molar-refractivity contribution in [2.45, 2.75) is 22.6 Å². The van der Waals surface area contributed by atoms with Gasteiger partial charge >= 0.3 is 0 Å². The summed E-state index contributed by atoms with van der Waals surface area (Å²) < 4.78 is 0. The minimum Gasteiger partial charge on any atom is -0.339 e. The van der Waals surface area contributed by atoms with Crippen LogP contribution in [0.5, 0.6) is 0 Å². The van der Waals surface area contributed by atoms with Crippen LogP contribution >= 0.6 is 31.9 Å². The summed E-state index contributed by atoms with van der Waals surface area (Å²) in [7, 11) is 0. The molecule has 2 saturated carbocycles. The zero-order chi connectivity index (χ0) is 21.0. The number of piperazine rings is 1. The first-order valence-electron chi connectivity index (χ1n) is 10.6. The predicted molar refractivity (Wildman–Crippen MR) is 119 cm³/mol. The summed E-state index contributed by atoms with van der Waals surface area (Å²) in [6.07, 6.45) is 0.907. The Kier molecular flexibility index (Phi) is 5.52. The highest BCUT2D eigenvalue weighted by Gasteiger charge is 2.66. The Balaban J connectivity index is 1.18. The molecule has 0 radical (unpaired) electrons. The normalized spacial score (nSPS) is 35.9. The predicted octanol–water partition coefficient (Wildman–Crippen LogP) is 2.11. The molecule has 2 aliphatic carbocycles. The Morgan fingerprint density at radius 3 is 2.03 bits per heavy atom. The lowest BCUT2D eigenvalue weighted by molar-refractivity contribution is -0.147. The molecule has 4 fully saturated rings. The van der Waals surface area contributed by atoms with Crippen molar-refractivity contribution in [2.75, 3.05) is 32.7 Å². The van der Waals surface area contributed by atoms with Gasteiger partial charge in [-0.15, -0.1) is 0 Å². The van der Waals surface area contributed by atoms with Gasteiger partial charge in [0.25, 0.3) is 0 Å². The van der Waals surface area contributed by atoms with E-state index in [4.69, 9.17) is 0 Å². The van der Waals surface area contributed by atoms with E-state index in [1.807, 2.05) is 18.2 Å². The second-order valence-electron chi connectivity index (χ2n) is 8.91. The van der Waals surface area contributed by atoms with Crippen LogP contribution in [0.3, 0.4) is 0 Å². The van der Waals surface area contributed by atoms with E-state index in [0.29, 0.717) is 13.1 Å². The molecule has 2 saturated heterocycles. The van der Waals surface area contributed by atoms with Crippen molar-refractivity contribution in [2.24, 2.45) is 23.7 Å². The van der Waals surface area contributed by atoms with Crippen molar-refractivity contribution in [1.82, 2.24) is 14.7 Å². The molecule has 6 atom stereocenters. The summed E-state index contributed by atoms with van der Waals surface area (Å²) >= 11 is 7.40. The molecular weight excluding hydrogens is 514 g/mol. The third-order valence-corrected chi connectivity index (χ3v) is 10.6. The molecule has 2 aliphatic heterocycles. The fourth-order valence-electron chi connectivity index (χ4n) is 5.80. The van der Waals surface area contributed by atoms with E-state index in [-0.39, 0.29) is 57.6 Å². The minimum absolute atomic E-state index is 0.108. The maximum absolute atomic E-state index is 13.0. The van der Waals surface area contributed by atoms with Crippen molar-refractivity contribution in [3.63, 3.8) is 0 Å². The van der Waals surface area contributed by atoms with E-state index in [1.54, 1.807) is 4.90 Å². The second kappa shape index (κ2) is 8.02. The molecule has 1 aromatic rings. The third-order valence-electron chi connectivity index (χ3n) is 7.35. The van der Waals surface area contributed by atoms with Gasteiger partial charge in [0.15, 0.2) is 0 Å². The Labute approximate surface area is 193 Å². The molecule has 30 heavy (non-hydrogen) atoms. The van der Waals surface area contributed by atoms with Crippen LogP contribution in [0.4, 0.5) is 0 Å². The third kappa shape index (κ3) is 3.35. The van der Waals surface area contributed by atoms with Gasteiger partial charge in [-0.3, -0.25) is 24.2 Å². The fraction of sp³-hybridized carbons (Fsp3) is 0.591. The zero-order valence-corrected chi connectivity index (χ0v) is 19.8. The van der Waals surface area contributed by atoms with Crippen LogP contribution in [0.1, 0.15) is 12.0 Å². The summed E-state index contributed by atoms with van der Waals surface area (Å²) in [6, 6.07) is 10.3. The van der Waals surface area contributed by atoms with Crippen molar-refractivity contribution in [3.05, 3.63) is 35.9 Å². The summed E-state index contributed by atoms with van der Waals surface area (Å²) in [5.74, 6) is -0.540. The van der Waals surface area contributed by atoms with Crippen molar-refractivity contribution < 1.29 is 14.4 Å². The molecule has 160 valence electrons. The van der Waals surface area contributed by atoms with Gasteiger partial charge in [-0.05, 0) is 23.8 Å². The summed E-state index contributed by atoms with van der Waals surface area (Å²) in [4.78, 5) is 44.7. The van der Waals surface area contributed by atoms with Crippen LogP contribution in [0.25, 0.3) is 0 Å². The number of imide groups is 1. The topological polar surface area (TPSA) is 60.9 Å². The Morgan fingerprint density at radius 1 is 0.900 bits per heavy atom. The molecule has 0 N–H and O–H groups in total. The summed E-state index contributed by atoms with van der Waals surface area (Å²) in [6.45, 7) is 3.63. The summed E-state index contributed by atoms with van der Waals surface area (Å²) in [5, 5.41) is 0. The summed E-state index contributed by atoms with van der Waals surface area (Å²) in [5.41, 5.74) is 1.27. The number of hydrogen-bond donors (Lipinski definition) is 0. The first-order valence-corrected chi connectivity index (χ1v) is 12.5. The number of fused-ring (bicyclic) bond motifs is 5. The van der Waals surface area contributed by atoms with Gasteiger partial charge in [0.1, 0.15) is 6.54 Å². The van der Waals surface area contributed by atoms with Crippen LogP contribution in [0, 0.1) is 23.7 Å². The number of hydrogen-bond acceptors (Lipinski definition) is 4. The van der Waals surface area contributed by atoms with E-state index >= 15 is 0 Å².